The zero-order valence-electron chi connectivity index (χ0n) is 11.5. The van der Waals surface area contributed by atoms with Crippen LogP contribution >= 0.6 is 0 Å². The highest BCUT2D eigenvalue weighted by molar-refractivity contribution is 6.58. The molecule has 1 aromatic rings. The van der Waals surface area contributed by atoms with E-state index in [1.165, 1.54) is 5.56 Å². The Morgan fingerprint density at radius 1 is 1.21 bits per heavy atom. The number of benzene rings is 1. The van der Waals surface area contributed by atoms with Gasteiger partial charge in [-0.25, -0.2) is 0 Å². The predicted octanol–water partition coefficient (Wildman–Crippen LogP) is 0.192. The van der Waals surface area contributed by atoms with Gasteiger partial charge < -0.3 is 19.7 Å². The lowest BCUT2D eigenvalue weighted by molar-refractivity contribution is 0.130. The van der Waals surface area contributed by atoms with Crippen molar-refractivity contribution >= 4 is 12.6 Å². The highest BCUT2D eigenvalue weighted by Gasteiger charge is 2.20. The van der Waals surface area contributed by atoms with E-state index in [1.807, 2.05) is 12.1 Å². The third-order valence-electron chi connectivity index (χ3n) is 3.91. The molecule has 2 N–H and O–H groups in total. The van der Waals surface area contributed by atoms with Gasteiger partial charge >= 0.3 is 7.12 Å². The molecule has 0 aromatic heterocycles. The Bertz CT molecular complexity index is 375. The van der Waals surface area contributed by atoms with E-state index in [2.05, 4.69) is 4.90 Å². The van der Waals surface area contributed by atoms with Crippen molar-refractivity contribution in [3.63, 3.8) is 0 Å². The molecular formula is C14H22BNO3. The molecule has 1 aromatic carbocycles. The third kappa shape index (κ3) is 4.04. The van der Waals surface area contributed by atoms with Crippen molar-refractivity contribution < 1.29 is 14.8 Å². The van der Waals surface area contributed by atoms with Crippen LogP contribution in [0.25, 0.3) is 0 Å². The molecule has 2 rings (SSSR count). The molecule has 0 saturated carbocycles. The van der Waals surface area contributed by atoms with Crippen molar-refractivity contribution in [2.45, 2.75) is 18.8 Å². The van der Waals surface area contributed by atoms with Crippen LogP contribution in [0.3, 0.4) is 0 Å². The van der Waals surface area contributed by atoms with Crippen LogP contribution in [0.4, 0.5) is 0 Å². The number of hydrogen-bond donors (Lipinski definition) is 2. The molecule has 1 aliphatic heterocycles. The molecule has 5 heteroatoms. The summed E-state index contributed by atoms with van der Waals surface area (Å²) < 4.78 is 5.10. The lowest BCUT2D eigenvalue weighted by Gasteiger charge is -2.32. The molecule has 0 amide bonds. The molecule has 1 aliphatic rings. The molecule has 0 bridgehead atoms. The number of piperidine rings is 1. The van der Waals surface area contributed by atoms with Crippen molar-refractivity contribution in [1.29, 1.82) is 0 Å². The van der Waals surface area contributed by atoms with Crippen LogP contribution in [0, 0.1) is 0 Å². The highest BCUT2D eigenvalue weighted by atomic mass is 16.5. The topological polar surface area (TPSA) is 52.9 Å². The molecule has 1 fully saturated rings. The number of hydrogen-bond acceptors (Lipinski definition) is 4. The maximum Gasteiger partial charge on any atom is 0.488 e. The summed E-state index contributed by atoms with van der Waals surface area (Å²) in [6, 6.07) is 7.64. The maximum absolute atomic E-state index is 9.08. The van der Waals surface area contributed by atoms with Crippen molar-refractivity contribution in [3.8, 4) is 0 Å². The Hall–Kier alpha value is -0.875. The molecule has 4 nitrogen and oxygen atoms in total. The Labute approximate surface area is 115 Å². The van der Waals surface area contributed by atoms with E-state index in [0.29, 0.717) is 11.4 Å². The standard InChI is InChI=1S/C14H22BNO3/c1-19-11-10-16-8-6-13(7-9-16)12-2-4-14(5-3-12)15(17)18/h2-5,13,17-18H,6-11H2,1H3. The van der Waals surface area contributed by atoms with Crippen molar-refractivity contribution in [2.75, 3.05) is 33.4 Å². The van der Waals surface area contributed by atoms with Crippen LogP contribution < -0.4 is 5.46 Å². The fourth-order valence-electron chi connectivity index (χ4n) is 2.65. The van der Waals surface area contributed by atoms with E-state index >= 15 is 0 Å². The number of methoxy groups -OCH3 is 1. The van der Waals surface area contributed by atoms with Gasteiger partial charge in [-0.1, -0.05) is 24.3 Å². The molecule has 0 spiro atoms. The average molecular weight is 263 g/mol. The summed E-state index contributed by atoms with van der Waals surface area (Å²) in [5.74, 6) is 0.587. The summed E-state index contributed by atoms with van der Waals surface area (Å²) in [4.78, 5) is 2.44. The minimum absolute atomic E-state index is 0.557. The highest BCUT2D eigenvalue weighted by Crippen LogP contribution is 2.27. The van der Waals surface area contributed by atoms with Gasteiger partial charge in [0, 0.05) is 13.7 Å². The molecular weight excluding hydrogens is 241 g/mol. The summed E-state index contributed by atoms with van der Waals surface area (Å²) in [6.45, 7) is 4.03. The zero-order chi connectivity index (χ0) is 13.7. The molecule has 0 atom stereocenters. The Balaban J connectivity index is 1.87. The molecule has 104 valence electrons. The van der Waals surface area contributed by atoms with Crippen LogP contribution in [-0.4, -0.2) is 55.4 Å². The number of nitrogens with zero attached hydrogens (tertiary/aromatic N) is 1. The van der Waals surface area contributed by atoms with Crippen LogP contribution in [0.2, 0.25) is 0 Å². The van der Waals surface area contributed by atoms with Gasteiger partial charge in [-0.05, 0) is 42.9 Å². The molecule has 1 saturated heterocycles. The van der Waals surface area contributed by atoms with Crippen LogP contribution in [0.15, 0.2) is 24.3 Å². The summed E-state index contributed by atoms with van der Waals surface area (Å²) in [7, 11) is 0.370. The Kier molecular flexibility index (Phi) is 5.40. The second kappa shape index (κ2) is 7.05. The molecule has 19 heavy (non-hydrogen) atoms. The van der Waals surface area contributed by atoms with E-state index in [9.17, 15) is 0 Å². The van der Waals surface area contributed by atoms with Gasteiger partial charge in [-0.2, -0.15) is 0 Å². The first kappa shape index (κ1) is 14.5. The smallest absolute Gasteiger partial charge is 0.423 e. The van der Waals surface area contributed by atoms with Gasteiger partial charge in [0.1, 0.15) is 0 Å². The van der Waals surface area contributed by atoms with Crippen molar-refractivity contribution in [3.05, 3.63) is 29.8 Å². The average Bonchev–Trinajstić information content (AvgIpc) is 2.46. The minimum atomic E-state index is -1.37. The van der Waals surface area contributed by atoms with Gasteiger partial charge in [0.2, 0.25) is 0 Å². The maximum atomic E-state index is 9.08. The first-order valence-electron chi connectivity index (χ1n) is 6.88. The van der Waals surface area contributed by atoms with Gasteiger partial charge in [-0.3, -0.25) is 0 Å². The number of ether oxygens (including phenoxy) is 1. The zero-order valence-corrected chi connectivity index (χ0v) is 11.5. The van der Waals surface area contributed by atoms with Crippen molar-refractivity contribution in [1.82, 2.24) is 4.90 Å². The van der Waals surface area contributed by atoms with Crippen LogP contribution in [0.5, 0.6) is 0 Å². The van der Waals surface area contributed by atoms with Gasteiger partial charge in [0.15, 0.2) is 0 Å². The second-order valence-electron chi connectivity index (χ2n) is 5.15. The molecule has 1 heterocycles. The Morgan fingerprint density at radius 2 is 1.84 bits per heavy atom. The lowest BCUT2D eigenvalue weighted by atomic mass is 9.78. The molecule has 0 radical (unpaired) electrons. The van der Waals surface area contributed by atoms with E-state index in [1.54, 1.807) is 19.2 Å². The van der Waals surface area contributed by atoms with Gasteiger partial charge in [0.05, 0.1) is 6.61 Å². The largest absolute Gasteiger partial charge is 0.488 e. The Morgan fingerprint density at radius 3 is 2.37 bits per heavy atom. The fourth-order valence-corrected chi connectivity index (χ4v) is 2.65. The molecule has 0 unspecified atom stereocenters. The van der Waals surface area contributed by atoms with E-state index in [0.717, 1.165) is 39.1 Å². The number of rotatable bonds is 5. The summed E-state index contributed by atoms with van der Waals surface area (Å²) in [6.07, 6.45) is 2.31. The fraction of sp³-hybridized carbons (Fsp3) is 0.571. The number of likely N-dealkylation sites (tertiary alicyclic amines) is 1. The summed E-state index contributed by atoms with van der Waals surface area (Å²) >= 11 is 0. The van der Waals surface area contributed by atoms with Gasteiger partial charge in [-0.15, -0.1) is 0 Å². The lowest BCUT2D eigenvalue weighted by Crippen LogP contribution is -2.35. The van der Waals surface area contributed by atoms with Crippen molar-refractivity contribution in [2.24, 2.45) is 0 Å². The quantitative estimate of drug-likeness (QED) is 0.745. The van der Waals surface area contributed by atoms with Crippen LogP contribution in [0.1, 0.15) is 24.3 Å². The minimum Gasteiger partial charge on any atom is -0.423 e. The van der Waals surface area contributed by atoms with E-state index in [-0.39, 0.29) is 0 Å². The first-order chi connectivity index (χ1) is 9.20. The van der Waals surface area contributed by atoms with E-state index in [4.69, 9.17) is 14.8 Å². The monoisotopic (exact) mass is 263 g/mol. The second-order valence-corrected chi connectivity index (χ2v) is 5.15. The first-order valence-corrected chi connectivity index (χ1v) is 6.88. The molecule has 0 aliphatic carbocycles. The summed E-state index contributed by atoms with van der Waals surface area (Å²) in [5, 5.41) is 18.2. The van der Waals surface area contributed by atoms with Gasteiger partial charge in [0.25, 0.3) is 0 Å². The SMILES string of the molecule is COCCN1CCC(c2ccc(B(O)O)cc2)CC1. The third-order valence-corrected chi connectivity index (χ3v) is 3.91. The summed E-state index contributed by atoms with van der Waals surface area (Å²) in [5.41, 5.74) is 1.86. The van der Waals surface area contributed by atoms with Crippen LogP contribution in [-0.2, 0) is 4.74 Å². The predicted molar refractivity (Wildman–Crippen MR) is 76.6 cm³/mol. The normalized spacial score (nSPS) is 17.6. The van der Waals surface area contributed by atoms with E-state index < -0.39 is 7.12 Å².